The molecule has 0 aromatic heterocycles. The maximum Gasteiger partial charge on any atom is 0.0713 e. The van der Waals surface area contributed by atoms with Crippen LogP contribution in [0.5, 0.6) is 0 Å². The van der Waals surface area contributed by atoms with Gasteiger partial charge in [0.05, 0.1) is 11.4 Å². The van der Waals surface area contributed by atoms with Crippen LogP contribution in [0.25, 0.3) is 0 Å². The third-order valence-corrected chi connectivity index (χ3v) is 3.54. The molecule has 1 aromatic rings. The second-order valence-corrected chi connectivity index (χ2v) is 5.35. The summed E-state index contributed by atoms with van der Waals surface area (Å²) in [5.41, 5.74) is 5.43. The average molecular weight is 335 g/mol. The Bertz CT molecular complexity index is 562. The summed E-state index contributed by atoms with van der Waals surface area (Å²) in [4.78, 5) is 4.69. The third-order valence-electron chi connectivity index (χ3n) is 2.86. The minimum absolute atomic E-state index is 0.950. The molecule has 0 bridgehead atoms. The fourth-order valence-electron chi connectivity index (χ4n) is 1.63. The monoisotopic (exact) mass is 335 g/mol. The van der Waals surface area contributed by atoms with Crippen molar-refractivity contribution in [1.29, 1.82) is 0 Å². The Morgan fingerprint density at radius 1 is 1.18 bits per heavy atom. The van der Waals surface area contributed by atoms with Gasteiger partial charge in [0.2, 0.25) is 0 Å². The average Bonchev–Trinajstić information content (AvgIpc) is 2.30. The molecule has 0 radical (unpaired) electrons. The highest BCUT2D eigenvalue weighted by Gasteiger charge is 2.06. The number of hydrogen-bond donors (Lipinski definition) is 0. The van der Waals surface area contributed by atoms with Gasteiger partial charge in [0.15, 0.2) is 0 Å². The van der Waals surface area contributed by atoms with Crippen LogP contribution in [-0.2, 0) is 0 Å². The van der Waals surface area contributed by atoms with Gasteiger partial charge in [-0.2, -0.15) is 0 Å². The van der Waals surface area contributed by atoms with Crippen LogP contribution < -0.4 is 0 Å². The van der Waals surface area contributed by atoms with Crippen molar-refractivity contribution in [3.8, 4) is 0 Å². The molecule has 0 fully saturated rings. The van der Waals surface area contributed by atoms with Gasteiger partial charge in [-0.25, -0.2) is 4.99 Å². The molecule has 0 aliphatic heterocycles. The Hall–Kier alpha value is -1.16. The van der Waals surface area contributed by atoms with Gasteiger partial charge in [0, 0.05) is 3.58 Å². The summed E-state index contributed by atoms with van der Waals surface area (Å²) in [5.74, 6) is 0. The van der Waals surface area contributed by atoms with Crippen molar-refractivity contribution < 1.29 is 0 Å². The molecule has 0 saturated carbocycles. The van der Waals surface area contributed by atoms with Crippen molar-refractivity contribution in [1.82, 2.24) is 0 Å². The summed E-state index contributed by atoms with van der Waals surface area (Å²) in [6, 6.07) is 6.19. The third kappa shape index (κ3) is 2.75. The summed E-state index contributed by atoms with van der Waals surface area (Å²) in [5, 5.41) is 0. The highest BCUT2D eigenvalue weighted by molar-refractivity contribution is 14.1. The first-order valence-electron chi connectivity index (χ1n) is 5.47. The van der Waals surface area contributed by atoms with E-state index in [0.717, 1.165) is 17.0 Å². The minimum atomic E-state index is 0.950. The number of hydrogen-bond acceptors (Lipinski definition) is 1. The minimum Gasteiger partial charge on any atom is -0.248 e. The highest BCUT2D eigenvalue weighted by atomic mass is 127. The van der Waals surface area contributed by atoms with Gasteiger partial charge >= 0.3 is 0 Å². The molecular formula is C15H14IN. The summed E-state index contributed by atoms with van der Waals surface area (Å²) in [6.45, 7) is 8.22. The number of aliphatic imine (C=N–C) groups is 1. The Morgan fingerprint density at radius 3 is 2.71 bits per heavy atom. The predicted molar refractivity (Wildman–Crippen MR) is 83.4 cm³/mol. The lowest BCUT2D eigenvalue weighted by Crippen LogP contribution is -1.99. The van der Waals surface area contributed by atoms with E-state index in [2.05, 4.69) is 55.2 Å². The van der Waals surface area contributed by atoms with E-state index in [4.69, 9.17) is 4.99 Å². The van der Waals surface area contributed by atoms with Crippen molar-refractivity contribution >= 4 is 34.0 Å². The van der Waals surface area contributed by atoms with Crippen LogP contribution in [0.2, 0.25) is 0 Å². The SMILES string of the molecule is C=C1C=CC(I)=CC1=Nc1cccc(C)c1C. The number of rotatable bonds is 1. The first-order valence-corrected chi connectivity index (χ1v) is 6.55. The fourth-order valence-corrected chi connectivity index (χ4v) is 2.10. The van der Waals surface area contributed by atoms with E-state index in [9.17, 15) is 0 Å². The molecule has 0 amide bonds. The Balaban J connectivity index is 2.46. The van der Waals surface area contributed by atoms with Gasteiger partial charge in [0.1, 0.15) is 0 Å². The molecule has 0 atom stereocenters. The van der Waals surface area contributed by atoms with Crippen LogP contribution in [0, 0.1) is 13.8 Å². The number of nitrogens with zero attached hydrogens (tertiary/aromatic N) is 1. The molecule has 2 heteroatoms. The van der Waals surface area contributed by atoms with Crippen molar-refractivity contribution in [3.05, 3.63) is 63.3 Å². The van der Waals surface area contributed by atoms with Gasteiger partial charge in [-0.1, -0.05) is 24.8 Å². The van der Waals surface area contributed by atoms with Crippen molar-refractivity contribution in [2.45, 2.75) is 13.8 Å². The molecular weight excluding hydrogens is 321 g/mol. The predicted octanol–water partition coefficient (Wildman–Crippen LogP) is 4.82. The molecule has 1 nitrogen and oxygen atoms in total. The number of aryl methyl sites for hydroxylation is 1. The molecule has 0 spiro atoms. The molecule has 1 aromatic carbocycles. The Kier molecular flexibility index (Phi) is 3.62. The van der Waals surface area contributed by atoms with Gasteiger partial charge < -0.3 is 0 Å². The van der Waals surface area contributed by atoms with Gasteiger partial charge in [-0.05, 0) is 71.4 Å². The van der Waals surface area contributed by atoms with E-state index in [1.54, 1.807) is 0 Å². The second-order valence-electron chi connectivity index (χ2n) is 4.10. The molecule has 0 unspecified atom stereocenters. The second kappa shape index (κ2) is 5.00. The molecule has 0 N–H and O–H groups in total. The van der Waals surface area contributed by atoms with Crippen LogP contribution in [0.1, 0.15) is 11.1 Å². The highest BCUT2D eigenvalue weighted by Crippen LogP contribution is 2.25. The van der Waals surface area contributed by atoms with Gasteiger partial charge in [-0.15, -0.1) is 0 Å². The van der Waals surface area contributed by atoms with E-state index >= 15 is 0 Å². The molecule has 0 heterocycles. The Morgan fingerprint density at radius 2 is 1.94 bits per heavy atom. The molecule has 1 aliphatic rings. The van der Waals surface area contributed by atoms with E-state index in [0.29, 0.717) is 0 Å². The van der Waals surface area contributed by atoms with E-state index in [1.165, 1.54) is 14.7 Å². The summed E-state index contributed by atoms with van der Waals surface area (Å²) < 4.78 is 1.18. The van der Waals surface area contributed by atoms with E-state index in [-0.39, 0.29) is 0 Å². The maximum absolute atomic E-state index is 4.69. The van der Waals surface area contributed by atoms with Crippen LogP contribution in [-0.4, -0.2) is 5.71 Å². The van der Waals surface area contributed by atoms with Crippen LogP contribution in [0.3, 0.4) is 0 Å². The molecule has 86 valence electrons. The van der Waals surface area contributed by atoms with Crippen LogP contribution in [0.4, 0.5) is 5.69 Å². The largest absolute Gasteiger partial charge is 0.248 e. The molecule has 17 heavy (non-hydrogen) atoms. The first-order chi connectivity index (χ1) is 8.08. The zero-order chi connectivity index (χ0) is 12.4. The smallest absolute Gasteiger partial charge is 0.0713 e. The maximum atomic E-state index is 4.69. The number of benzene rings is 1. The molecule has 2 rings (SSSR count). The van der Waals surface area contributed by atoms with Crippen LogP contribution >= 0.6 is 22.6 Å². The summed E-state index contributed by atoms with van der Waals surface area (Å²) in [6.07, 6.45) is 6.11. The zero-order valence-corrected chi connectivity index (χ0v) is 12.2. The Labute approximate surface area is 116 Å². The lowest BCUT2D eigenvalue weighted by Gasteiger charge is -2.09. The van der Waals surface area contributed by atoms with E-state index < -0.39 is 0 Å². The van der Waals surface area contributed by atoms with Gasteiger partial charge in [-0.3, -0.25) is 0 Å². The van der Waals surface area contributed by atoms with Crippen molar-refractivity contribution in [3.63, 3.8) is 0 Å². The summed E-state index contributed by atoms with van der Waals surface area (Å²) >= 11 is 2.29. The first kappa shape index (κ1) is 12.3. The quantitative estimate of drug-likeness (QED) is 0.653. The lowest BCUT2D eigenvalue weighted by atomic mass is 10.1. The van der Waals surface area contributed by atoms with Crippen molar-refractivity contribution in [2.75, 3.05) is 0 Å². The standard InChI is InChI=1S/C15H14IN/c1-10-5-4-6-14(12(10)3)17-15-9-13(16)8-7-11(15)2/h4-9H,2H2,1,3H3. The fraction of sp³-hybridized carbons (Fsp3) is 0.133. The number of halogens is 1. The topological polar surface area (TPSA) is 12.4 Å². The molecule has 1 aliphatic carbocycles. The van der Waals surface area contributed by atoms with Crippen LogP contribution in [0.15, 0.2) is 57.2 Å². The molecule has 0 saturated heterocycles. The zero-order valence-electron chi connectivity index (χ0n) is 10.00. The van der Waals surface area contributed by atoms with Gasteiger partial charge in [0.25, 0.3) is 0 Å². The van der Waals surface area contributed by atoms with Crippen molar-refractivity contribution in [2.24, 2.45) is 4.99 Å². The van der Waals surface area contributed by atoms with E-state index in [1.807, 2.05) is 24.3 Å². The lowest BCUT2D eigenvalue weighted by molar-refractivity contribution is 1.31. The normalized spacial score (nSPS) is 17.5. The summed E-state index contributed by atoms with van der Waals surface area (Å²) in [7, 11) is 0. The number of allylic oxidation sites excluding steroid dienone is 5.